The van der Waals surface area contributed by atoms with Crippen molar-refractivity contribution in [2.24, 2.45) is 0 Å². The van der Waals surface area contributed by atoms with Crippen LogP contribution in [0.5, 0.6) is 0 Å². The van der Waals surface area contributed by atoms with Gasteiger partial charge in [0.1, 0.15) is 12.6 Å². The maximum atomic E-state index is 12.7. The summed E-state index contributed by atoms with van der Waals surface area (Å²) in [4.78, 5) is 36.8. The van der Waals surface area contributed by atoms with E-state index < -0.39 is 18.1 Å². The topological polar surface area (TPSA) is 102 Å². The average Bonchev–Trinajstić information content (AvgIpc) is 3.14. The third-order valence-corrected chi connectivity index (χ3v) is 8.28. The van der Waals surface area contributed by atoms with Crippen molar-refractivity contribution in [2.75, 3.05) is 41.0 Å². The number of hydrogen-bond acceptors (Lipinski definition) is 7. The van der Waals surface area contributed by atoms with Gasteiger partial charge in [0, 0.05) is 19.3 Å². The summed E-state index contributed by atoms with van der Waals surface area (Å²) in [6, 6.07) is -0.745. The van der Waals surface area contributed by atoms with Gasteiger partial charge in [0.2, 0.25) is 0 Å². The third-order valence-electron chi connectivity index (χ3n) is 8.28. The highest BCUT2D eigenvalue weighted by molar-refractivity contribution is 5.70. The Labute approximate surface area is 334 Å². The van der Waals surface area contributed by atoms with Crippen LogP contribution < -0.4 is 5.11 Å². The van der Waals surface area contributed by atoms with Crippen molar-refractivity contribution in [2.45, 2.75) is 129 Å². The fourth-order valence-electron chi connectivity index (χ4n) is 5.14. The van der Waals surface area contributed by atoms with Crippen LogP contribution in [0.4, 0.5) is 0 Å². The minimum atomic E-state index is -1.14. The van der Waals surface area contributed by atoms with Gasteiger partial charge in [-0.05, 0) is 70.6 Å². The number of rotatable bonds is 34. The molecule has 0 rings (SSSR count). The molecule has 308 valence electrons. The highest BCUT2D eigenvalue weighted by Gasteiger charge is 2.25. The molecule has 2 atom stereocenters. The van der Waals surface area contributed by atoms with Crippen LogP contribution in [0, 0.1) is 0 Å². The molecule has 0 bridgehead atoms. The molecule has 0 radical (unpaired) electrons. The molecule has 2 unspecified atom stereocenters. The Balaban J connectivity index is 4.56. The summed E-state index contributed by atoms with van der Waals surface area (Å²) >= 11 is 0. The monoisotopic (exact) mass is 764 g/mol. The number of allylic oxidation sites excluding steroid dienone is 18. The second-order valence-electron chi connectivity index (χ2n) is 14.2. The summed E-state index contributed by atoms with van der Waals surface area (Å²) in [6.45, 7) is 4.28. The predicted octanol–water partition coefficient (Wildman–Crippen LogP) is 9.57. The molecule has 0 aromatic heterocycles. The quantitative estimate of drug-likeness (QED) is 0.0212. The smallest absolute Gasteiger partial charge is 0.306 e. The van der Waals surface area contributed by atoms with Gasteiger partial charge in [-0.15, -0.1) is 0 Å². The van der Waals surface area contributed by atoms with Crippen LogP contribution in [-0.4, -0.2) is 75.5 Å². The zero-order chi connectivity index (χ0) is 40.7. The number of aliphatic carboxylic acids is 1. The number of quaternary nitrogens is 1. The van der Waals surface area contributed by atoms with Crippen LogP contribution >= 0.6 is 0 Å². The number of ether oxygens (including phenoxy) is 3. The summed E-state index contributed by atoms with van der Waals surface area (Å²) in [7, 11) is 5.36. The van der Waals surface area contributed by atoms with Crippen molar-refractivity contribution in [3.63, 3.8) is 0 Å². The molecule has 0 heterocycles. The van der Waals surface area contributed by atoms with Gasteiger partial charge in [-0.1, -0.05) is 136 Å². The van der Waals surface area contributed by atoms with Crippen molar-refractivity contribution < 1.29 is 38.2 Å². The molecule has 8 heteroatoms. The second kappa shape index (κ2) is 36.9. The van der Waals surface area contributed by atoms with E-state index >= 15 is 0 Å². The van der Waals surface area contributed by atoms with E-state index in [1.807, 2.05) is 48.6 Å². The zero-order valence-corrected chi connectivity index (χ0v) is 34.8. The maximum absolute atomic E-state index is 12.7. The first-order valence-electron chi connectivity index (χ1n) is 20.5. The number of carbonyl (C=O) groups is 3. The van der Waals surface area contributed by atoms with Crippen molar-refractivity contribution in [1.29, 1.82) is 0 Å². The second-order valence-corrected chi connectivity index (χ2v) is 14.2. The lowest BCUT2D eigenvalue weighted by Crippen LogP contribution is -2.55. The zero-order valence-electron chi connectivity index (χ0n) is 34.8. The van der Waals surface area contributed by atoms with Crippen molar-refractivity contribution in [1.82, 2.24) is 0 Å². The molecular formula is C47H73NO7. The number of unbranched alkanes of at least 4 members (excludes halogenated alkanes) is 6. The number of likely N-dealkylation sites (N-methyl/N-ethyl adjacent to an activating group) is 1. The summed E-state index contributed by atoms with van der Waals surface area (Å²) in [5, 5.41) is 11.6. The molecule has 0 aliphatic rings. The Hall–Kier alpha value is -4.01. The first kappa shape index (κ1) is 51.0. The minimum absolute atomic E-state index is 0.00529. The SMILES string of the molecule is CC/C=C/C=C/C=C/C=C/C=C/CCCCCC(=O)OCC(COCCC(C(=O)[O-])[N+](C)(C)C)OC(=O)CCCCC/C=C/C/C=C/C/C=C/C/C=C/CC. The van der Waals surface area contributed by atoms with E-state index in [-0.39, 0.29) is 55.5 Å². The van der Waals surface area contributed by atoms with E-state index in [0.717, 1.165) is 70.6 Å². The van der Waals surface area contributed by atoms with Gasteiger partial charge >= 0.3 is 11.9 Å². The van der Waals surface area contributed by atoms with Crippen molar-refractivity contribution in [3.8, 4) is 0 Å². The van der Waals surface area contributed by atoms with E-state index in [2.05, 4.69) is 74.6 Å². The van der Waals surface area contributed by atoms with Crippen LogP contribution in [0.1, 0.15) is 117 Å². The molecule has 0 aromatic rings. The lowest BCUT2D eigenvalue weighted by molar-refractivity contribution is -0.889. The largest absolute Gasteiger partial charge is 0.544 e. The fourth-order valence-corrected chi connectivity index (χ4v) is 5.14. The van der Waals surface area contributed by atoms with Crippen molar-refractivity contribution >= 4 is 17.9 Å². The number of carbonyl (C=O) groups excluding carboxylic acids is 3. The first-order chi connectivity index (χ1) is 26.6. The molecule has 0 fully saturated rings. The number of esters is 2. The lowest BCUT2D eigenvalue weighted by atomic mass is 10.1. The third kappa shape index (κ3) is 35.4. The Morgan fingerprint density at radius 1 is 0.564 bits per heavy atom. The van der Waals surface area contributed by atoms with Gasteiger partial charge < -0.3 is 28.6 Å². The van der Waals surface area contributed by atoms with Gasteiger partial charge in [-0.25, -0.2) is 0 Å². The number of hydrogen-bond donors (Lipinski definition) is 0. The molecule has 0 spiro atoms. The summed E-state index contributed by atoms with van der Waals surface area (Å²) < 4.78 is 17.0. The molecule has 0 amide bonds. The van der Waals surface area contributed by atoms with Crippen LogP contribution in [0.3, 0.4) is 0 Å². The molecular weight excluding hydrogens is 691 g/mol. The summed E-state index contributed by atoms with van der Waals surface area (Å²) in [5.74, 6) is -1.85. The molecule has 8 nitrogen and oxygen atoms in total. The predicted molar refractivity (Wildman–Crippen MR) is 226 cm³/mol. The van der Waals surface area contributed by atoms with Gasteiger partial charge in [-0.3, -0.25) is 9.59 Å². The first-order valence-corrected chi connectivity index (χ1v) is 20.5. The van der Waals surface area contributed by atoms with E-state index in [4.69, 9.17) is 14.2 Å². The van der Waals surface area contributed by atoms with Gasteiger partial charge in [-0.2, -0.15) is 0 Å². The van der Waals surface area contributed by atoms with Crippen molar-refractivity contribution in [3.05, 3.63) is 109 Å². The standard InChI is InChI=1S/C47H73NO7/c1-6-8-10-12-14-16-18-20-22-24-26-28-30-32-34-36-38-46(50)55-43(41-53-40-39-44(47(51)52)48(3,4)5)42-54-45(49)37-35-33-31-29-27-25-23-21-19-17-15-13-11-9-7-2/h8-11,13-17,19-23,25-28,43-44H,6-7,12,18,24,29-42H2,1-5H3/b10-8+,11-9+,15-13+,16-14+,19-17+,22-20+,23-21+,27-25+,28-26+. The Morgan fingerprint density at radius 2 is 1.05 bits per heavy atom. The molecule has 0 saturated heterocycles. The molecule has 55 heavy (non-hydrogen) atoms. The number of nitrogens with zero attached hydrogens (tertiary/aromatic N) is 1. The number of carboxylic acid groups (broad SMARTS) is 1. The van der Waals surface area contributed by atoms with Crippen LogP contribution in [-0.2, 0) is 28.6 Å². The van der Waals surface area contributed by atoms with Crippen LogP contribution in [0.25, 0.3) is 0 Å². The maximum Gasteiger partial charge on any atom is 0.306 e. The van der Waals surface area contributed by atoms with E-state index in [9.17, 15) is 19.5 Å². The van der Waals surface area contributed by atoms with Crippen LogP contribution in [0.2, 0.25) is 0 Å². The lowest BCUT2D eigenvalue weighted by Gasteiger charge is -2.34. The number of carboxylic acids is 1. The van der Waals surface area contributed by atoms with Crippen LogP contribution in [0.15, 0.2) is 109 Å². The summed E-state index contributed by atoms with van der Waals surface area (Å²) in [6.07, 6.45) is 49.7. The molecule has 0 aromatic carbocycles. The summed E-state index contributed by atoms with van der Waals surface area (Å²) in [5.41, 5.74) is 0. The van der Waals surface area contributed by atoms with E-state index in [1.165, 1.54) is 0 Å². The molecule has 0 saturated carbocycles. The van der Waals surface area contributed by atoms with E-state index in [1.54, 1.807) is 21.1 Å². The fraction of sp³-hybridized carbons (Fsp3) is 0.553. The molecule has 0 aliphatic carbocycles. The van der Waals surface area contributed by atoms with Gasteiger partial charge in [0.25, 0.3) is 0 Å². The Bertz CT molecular complexity index is 1260. The minimum Gasteiger partial charge on any atom is -0.544 e. The molecule has 0 aliphatic heterocycles. The highest BCUT2D eigenvalue weighted by atomic mass is 16.6. The Morgan fingerprint density at radius 3 is 1.60 bits per heavy atom. The average molecular weight is 764 g/mol. The normalized spacial score (nSPS) is 14.1. The van der Waals surface area contributed by atoms with E-state index in [0.29, 0.717) is 12.8 Å². The highest BCUT2D eigenvalue weighted by Crippen LogP contribution is 2.11. The van der Waals surface area contributed by atoms with Gasteiger partial charge in [0.05, 0.1) is 40.3 Å². The Kier molecular flexibility index (Phi) is 34.2. The van der Waals surface area contributed by atoms with Gasteiger partial charge in [0.15, 0.2) is 6.10 Å². The molecule has 0 N–H and O–H groups in total.